The third-order valence-corrected chi connectivity index (χ3v) is 4.68. The zero-order chi connectivity index (χ0) is 14.8. The molecule has 2 heteroatoms. The Hall–Kier alpha value is -0.790. The molecule has 1 rings (SSSR count). The van der Waals surface area contributed by atoms with Gasteiger partial charge in [0, 0.05) is 16.5 Å². The first-order valence-electron chi connectivity index (χ1n) is 7.80. The Morgan fingerprint density at radius 1 is 1.05 bits per heavy atom. The molecule has 0 spiro atoms. The molecule has 0 aliphatic heterocycles. The second-order valence-corrected chi connectivity index (χ2v) is 7.17. The molecule has 1 heterocycles. The highest BCUT2D eigenvalue weighted by Gasteiger charge is 2.32. The summed E-state index contributed by atoms with van der Waals surface area (Å²) in [5.41, 5.74) is 2.94. The van der Waals surface area contributed by atoms with Gasteiger partial charge in [0.25, 0.3) is 0 Å². The summed E-state index contributed by atoms with van der Waals surface area (Å²) in [5.74, 6) is 1.68. The van der Waals surface area contributed by atoms with E-state index in [-0.39, 0.29) is 10.8 Å². The van der Waals surface area contributed by atoms with Gasteiger partial charge >= 0.3 is 0 Å². The van der Waals surface area contributed by atoms with Crippen molar-refractivity contribution < 1.29 is 0 Å². The smallest absolute Gasteiger partial charge is 0.112 e. The van der Waals surface area contributed by atoms with Crippen LogP contribution in [0.1, 0.15) is 97.8 Å². The molecule has 19 heavy (non-hydrogen) atoms. The molecule has 0 amide bonds. The fourth-order valence-electron chi connectivity index (χ4n) is 2.35. The molecular formula is C17H32N2. The number of aromatic amines is 1. The molecule has 0 aromatic carbocycles. The molecule has 0 saturated carbocycles. The van der Waals surface area contributed by atoms with Gasteiger partial charge in [0.05, 0.1) is 5.69 Å². The first-order chi connectivity index (χ1) is 8.69. The third kappa shape index (κ3) is 3.21. The third-order valence-electron chi connectivity index (χ3n) is 4.68. The summed E-state index contributed by atoms with van der Waals surface area (Å²) >= 11 is 0. The van der Waals surface area contributed by atoms with Gasteiger partial charge in [0.15, 0.2) is 0 Å². The highest BCUT2D eigenvalue weighted by atomic mass is 15.0. The lowest BCUT2D eigenvalue weighted by Crippen LogP contribution is -2.23. The topological polar surface area (TPSA) is 28.7 Å². The second kappa shape index (κ2) is 5.68. The van der Waals surface area contributed by atoms with Crippen LogP contribution in [0.15, 0.2) is 0 Å². The number of hydrogen-bond donors (Lipinski definition) is 1. The van der Waals surface area contributed by atoms with E-state index in [2.05, 4.69) is 60.4 Å². The van der Waals surface area contributed by atoms with Crippen LogP contribution in [0.5, 0.6) is 0 Å². The van der Waals surface area contributed by atoms with Gasteiger partial charge in [0.1, 0.15) is 5.82 Å². The largest absolute Gasteiger partial charge is 0.345 e. The van der Waals surface area contributed by atoms with Crippen molar-refractivity contribution >= 4 is 0 Å². The summed E-state index contributed by atoms with van der Waals surface area (Å²) in [7, 11) is 0. The lowest BCUT2D eigenvalue weighted by Gasteiger charge is -2.27. The quantitative estimate of drug-likeness (QED) is 0.768. The van der Waals surface area contributed by atoms with Gasteiger partial charge in [-0.15, -0.1) is 0 Å². The summed E-state index contributed by atoms with van der Waals surface area (Å²) in [6.45, 7) is 18.1. The van der Waals surface area contributed by atoms with E-state index in [9.17, 15) is 0 Å². The molecule has 0 radical (unpaired) electrons. The average Bonchev–Trinajstić information content (AvgIpc) is 2.82. The number of aromatic nitrogens is 2. The first-order valence-corrected chi connectivity index (χ1v) is 7.80. The fraction of sp³-hybridized carbons (Fsp3) is 0.824. The van der Waals surface area contributed by atoms with Gasteiger partial charge in [-0.3, -0.25) is 0 Å². The molecule has 0 saturated heterocycles. The lowest BCUT2D eigenvalue weighted by molar-refractivity contribution is 0.418. The van der Waals surface area contributed by atoms with Crippen molar-refractivity contribution in [3.63, 3.8) is 0 Å². The highest BCUT2D eigenvalue weighted by molar-refractivity contribution is 5.28. The zero-order valence-corrected chi connectivity index (χ0v) is 14.1. The van der Waals surface area contributed by atoms with Gasteiger partial charge in [-0.2, -0.15) is 0 Å². The van der Waals surface area contributed by atoms with Crippen molar-refractivity contribution in [2.45, 2.75) is 91.4 Å². The lowest BCUT2D eigenvalue weighted by atomic mass is 9.79. The summed E-state index contributed by atoms with van der Waals surface area (Å²) in [6.07, 6.45) is 3.44. The monoisotopic (exact) mass is 264 g/mol. The van der Waals surface area contributed by atoms with E-state index in [1.807, 2.05) is 0 Å². The van der Waals surface area contributed by atoms with Crippen LogP contribution in [0.3, 0.4) is 0 Å². The highest BCUT2D eigenvalue weighted by Crippen LogP contribution is 2.37. The van der Waals surface area contributed by atoms with Gasteiger partial charge in [-0.1, -0.05) is 55.4 Å². The molecule has 110 valence electrons. The summed E-state index contributed by atoms with van der Waals surface area (Å²) < 4.78 is 0. The van der Waals surface area contributed by atoms with E-state index in [4.69, 9.17) is 4.98 Å². The maximum absolute atomic E-state index is 5.01. The SMILES string of the molecule is CCC(C)c1[nH]c(C(C)(C)C)nc1C(C)(CC)CC. The van der Waals surface area contributed by atoms with Crippen molar-refractivity contribution in [1.29, 1.82) is 0 Å². The fourth-order valence-corrected chi connectivity index (χ4v) is 2.35. The predicted octanol–water partition coefficient (Wildman–Crippen LogP) is 5.30. The molecule has 1 N–H and O–H groups in total. The van der Waals surface area contributed by atoms with Gasteiger partial charge in [-0.25, -0.2) is 4.98 Å². The number of hydrogen-bond acceptors (Lipinski definition) is 1. The van der Waals surface area contributed by atoms with Crippen LogP contribution in [-0.2, 0) is 10.8 Å². The van der Waals surface area contributed by atoms with E-state index in [0.717, 1.165) is 25.1 Å². The van der Waals surface area contributed by atoms with Gasteiger partial charge < -0.3 is 4.98 Å². The maximum atomic E-state index is 5.01. The van der Waals surface area contributed by atoms with Crippen LogP contribution in [0, 0.1) is 0 Å². The Bertz CT molecular complexity index is 405. The van der Waals surface area contributed by atoms with Crippen LogP contribution in [0.2, 0.25) is 0 Å². The van der Waals surface area contributed by atoms with Gasteiger partial charge in [0.2, 0.25) is 0 Å². The van der Waals surface area contributed by atoms with Crippen molar-refractivity contribution in [3.8, 4) is 0 Å². The number of imidazole rings is 1. The molecule has 1 unspecified atom stereocenters. The van der Waals surface area contributed by atoms with Crippen LogP contribution in [0.4, 0.5) is 0 Å². The molecule has 0 fully saturated rings. The standard InChI is InChI=1S/C17H32N2/c1-9-12(4)13-14(17(8,10-2)11-3)19-15(18-13)16(5,6)7/h12H,9-11H2,1-8H3,(H,18,19). The predicted molar refractivity (Wildman–Crippen MR) is 83.9 cm³/mol. The van der Waals surface area contributed by atoms with Crippen molar-refractivity contribution in [2.24, 2.45) is 0 Å². The van der Waals surface area contributed by atoms with E-state index in [1.54, 1.807) is 0 Å². The molecule has 1 atom stereocenters. The first kappa shape index (κ1) is 16.3. The minimum atomic E-state index is 0.0862. The minimum Gasteiger partial charge on any atom is -0.345 e. The molecule has 0 bridgehead atoms. The molecule has 1 aromatic rings. The van der Waals surface area contributed by atoms with E-state index < -0.39 is 0 Å². The Morgan fingerprint density at radius 3 is 1.95 bits per heavy atom. The van der Waals surface area contributed by atoms with Crippen LogP contribution in [0.25, 0.3) is 0 Å². The Balaban J connectivity index is 3.40. The summed E-state index contributed by atoms with van der Waals surface area (Å²) in [6, 6.07) is 0. The number of nitrogens with zero attached hydrogens (tertiary/aromatic N) is 1. The molecule has 1 aromatic heterocycles. The molecule has 2 nitrogen and oxygen atoms in total. The Kier molecular flexibility index (Phi) is 4.86. The number of nitrogens with one attached hydrogen (secondary N) is 1. The van der Waals surface area contributed by atoms with Crippen LogP contribution < -0.4 is 0 Å². The molecule has 0 aliphatic carbocycles. The molecular weight excluding hydrogens is 232 g/mol. The Labute approximate surface area is 119 Å². The second-order valence-electron chi connectivity index (χ2n) is 7.17. The van der Waals surface area contributed by atoms with E-state index in [1.165, 1.54) is 11.4 Å². The Morgan fingerprint density at radius 2 is 1.58 bits per heavy atom. The van der Waals surface area contributed by atoms with E-state index >= 15 is 0 Å². The average molecular weight is 264 g/mol. The number of rotatable bonds is 5. The normalized spacial score (nSPS) is 14.7. The van der Waals surface area contributed by atoms with Crippen molar-refractivity contribution in [2.75, 3.05) is 0 Å². The zero-order valence-electron chi connectivity index (χ0n) is 14.1. The summed E-state index contributed by atoms with van der Waals surface area (Å²) in [4.78, 5) is 8.64. The van der Waals surface area contributed by atoms with Crippen LogP contribution >= 0.6 is 0 Å². The number of H-pyrrole nitrogens is 1. The van der Waals surface area contributed by atoms with Crippen molar-refractivity contribution in [3.05, 3.63) is 17.2 Å². The van der Waals surface area contributed by atoms with Crippen molar-refractivity contribution in [1.82, 2.24) is 9.97 Å². The summed E-state index contributed by atoms with van der Waals surface area (Å²) in [5, 5.41) is 0. The van der Waals surface area contributed by atoms with Crippen LogP contribution in [-0.4, -0.2) is 9.97 Å². The van der Waals surface area contributed by atoms with Gasteiger partial charge in [-0.05, 0) is 25.2 Å². The minimum absolute atomic E-state index is 0.0862. The maximum Gasteiger partial charge on any atom is 0.112 e. The molecule has 0 aliphatic rings. The van der Waals surface area contributed by atoms with E-state index in [0.29, 0.717) is 5.92 Å².